The molecule has 2 aromatic heterocycles. The first-order valence-electron chi connectivity index (χ1n) is 9.29. The van der Waals surface area contributed by atoms with Crippen LogP contribution in [0, 0.1) is 6.92 Å². The summed E-state index contributed by atoms with van der Waals surface area (Å²) in [5.41, 5.74) is 2.54. The molecule has 1 aliphatic heterocycles. The molecule has 1 aromatic carbocycles. The minimum Gasteiger partial charge on any atom is -0.493 e. The molecule has 8 heteroatoms. The number of aryl methyl sites for hydroxylation is 1. The summed E-state index contributed by atoms with van der Waals surface area (Å²) in [7, 11) is 3.15. The second-order valence-electron chi connectivity index (χ2n) is 6.95. The van der Waals surface area contributed by atoms with Crippen molar-refractivity contribution < 1.29 is 14.3 Å². The van der Waals surface area contributed by atoms with Gasteiger partial charge in [0.1, 0.15) is 6.33 Å². The average molecular weight is 381 g/mol. The van der Waals surface area contributed by atoms with Crippen molar-refractivity contribution in [3.8, 4) is 11.5 Å². The van der Waals surface area contributed by atoms with E-state index in [1.807, 2.05) is 17.9 Å². The lowest BCUT2D eigenvalue weighted by Gasteiger charge is -2.33. The van der Waals surface area contributed by atoms with E-state index < -0.39 is 0 Å². The quantitative estimate of drug-likeness (QED) is 0.691. The number of piperidine rings is 1. The van der Waals surface area contributed by atoms with Gasteiger partial charge in [-0.3, -0.25) is 4.79 Å². The molecule has 1 fully saturated rings. The van der Waals surface area contributed by atoms with Crippen molar-refractivity contribution in [2.75, 3.05) is 27.3 Å². The fourth-order valence-corrected chi connectivity index (χ4v) is 3.80. The van der Waals surface area contributed by atoms with E-state index in [-0.39, 0.29) is 11.8 Å². The first-order chi connectivity index (χ1) is 13.6. The number of benzene rings is 1. The van der Waals surface area contributed by atoms with E-state index in [2.05, 4.69) is 15.1 Å². The second kappa shape index (κ2) is 7.46. The Morgan fingerprint density at radius 3 is 2.79 bits per heavy atom. The second-order valence-corrected chi connectivity index (χ2v) is 6.95. The molecule has 3 heterocycles. The zero-order valence-corrected chi connectivity index (χ0v) is 16.3. The molecule has 1 atom stereocenters. The van der Waals surface area contributed by atoms with E-state index in [0.29, 0.717) is 29.4 Å². The van der Waals surface area contributed by atoms with Gasteiger partial charge < -0.3 is 14.4 Å². The van der Waals surface area contributed by atoms with Crippen LogP contribution in [0.1, 0.15) is 40.5 Å². The topological polar surface area (TPSA) is 81.9 Å². The molecule has 1 aliphatic rings. The highest BCUT2D eigenvalue weighted by atomic mass is 16.5. The van der Waals surface area contributed by atoms with Gasteiger partial charge in [0.25, 0.3) is 11.7 Å². The molecule has 0 radical (unpaired) electrons. The lowest BCUT2D eigenvalue weighted by atomic mass is 9.93. The van der Waals surface area contributed by atoms with Gasteiger partial charge in [0, 0.05) is 30.3 Å². The van der Waals surface area contributed by atoms with Gasteiger partial charge in [0.2, 0.25) is 0 Å². The van der Waals surface area contributed by atoms with E-state index in [1.165, 1.54) is 6.33 Å². The van der Waals surface area contributed by atoms with Gasteiger partial charge in [-0.25, -0.2) is 9.50 Å². The minimum absolute atomic E-state index is 0.00809. The number of carbonyl (C=O) groups is 1. The summed E-state index contributed by atoms with van der Waals surface area (Å²) in [6.45, 7) is 3.31. The van der Waals surface area contributed by atoms with Crippen molar-refractivity contribution in [2.45, 2.75) is 25.7 Å². The van der Waals surface area contributed by atoms with Gasteiger partial charge in [-0.1, -0.05) is 0 Å². The highest BCUT2D eigenvalue weighted by Crippen LogP contribution is 2.31. The van der Waals surface area contributed by atoms with Crippen molar-refractivity contribution in [1.29, 1.82) is 0 Å². The number of fused-ring (bicyclic) bond motifs is 1. The lowest BCUT2D eigenvalue weighted by molar-refractivity contribution is 0.0704. The van der Waals surface area contributed by atoms with Crippen LogP contribution in [-0.4, -0.2) is 57.7 Å². The molecular weight excluding hydrogens is 358 g/mol. The van der Waals surface area contributed by atoms with Crippen LogP contribution in [0.25, 0.3) is 5.78 Å². The summed E-state index contributed by atoms with van der Waals surface area (Å²) in [5.74, 6) is 1.93. The van der Waals surface area contributed by atoms with Crippen LogP contribution in [-0.2, 0) is 0 Å². The van der Waals surface area contributed by atoms with Crippen molar-refractivity contribution in [2.24, 2.45) is 0 Å². The largest absolute Gasteiger partial charge is 0.493 e. The van der Waals surface area contributed by atoms with Crippen LogP contribution in [0.5, 0.6) is 11.5 Å². The van der Waals surface area contributed by atoms with E-state index in [4.69, 9.17) is 9.47 Å². The van der Waals surface area contributed by atoms with Gasteiger partial charge in [-0.05, 0) is 44.0 Å². The molecule has 0 N–H and O–H groups in total. The minimum atomic E-state index is -0.00809. The average Bonchev–Trinajstić information content (AvgIpc) is 3.20. The Labute approximate surface area is 163 Å². The van der Waals surface area contributed by atoms with Crippen LogP contribution < -0.4 is 9.47 Å². The number of ether oxygens (including phenoxy) is 2. The zero-order valence-electron chi connectivity index (χ0n) is 16.3. The standard InChI is InChI=1S/C20H23N5O3/c1-13-9-16(25-20(23-13)21-12-22-25)15-5-4-8-24(11-15)19(26)14-6-7-17(27-2)18(10-14)28-3/h6-7,9-10,12,15H,4-5,8,11H2,1-3H3. The maximum absolute atomic E-state index is 13.1. The van der Waals surface area contributed by atoms with Gasteiger partial charge in [0.05, 0.1) is 19.9 Å². The highest BCUT2D eigenvalue weighted by molar-refractivity contribution is 5.95. The van der Waals surface area contributed by atoms with Crippen molar-refractivity contribution in [1.82, 2.24) is 24.5 Å². The number of hydrogen-bond donors (Lipinski definition) is 0. The van der Waals surface area contributed by atoms with Crippen molar-refractivity contribution in [3.05, 3.63) is 47.5 Å². The summed E-state index contributed by atoms with van der Waals surface area (Å²) < 4.78 is 12.4. The van der Waals surface area contributed by atoms with Gasteiger partial charge in [-0.2, -0.15) is 10.1 Å². The molecule has 1 unspecified atom stereocenters. The molecule has 0 bridgehead atoms. The van der Waals surface area contributed by atoms with Crippen molar-refractivity contribution >= 4 is 11.7 Å². The van der Waals surface area contributed by atoms with Crippen LogP contribution in [0.15, 0.2) is 30.6 Å². The summed E-state index contributed by atoms with van der Waals surface area (Å²) in [6, 6.07) is 7.31. The van der Waals surface area contributed by atoms with E-state index in [9.17, 15) is 4.79 Å². The fourth-order valence-electron chi connectivity index (χ4n) is 3.80. The molecule has 1 amide bonds. The van der Waals surface area contributed by atoms with Crippen molar-refractivity contribution in [3.63, 3.8) is 0 Å². The van der Waals surface area contributed by atoms with Gasteiger partial charge >= 0.3 is 0 Å². The lowest BCUT2D eigenvalue weighted by Crippen LogP contribution is -2.39. The fraction of sp³-hybridized carbons (Fsp3) is 0.400. The summed E-state index contributed by atoms with van der Waals surface area (Å²) in [6.07, 6.45) is 3.44. The Balaban J connectivity index is 1.60. The Bertz CT molecular complexity index is 1020. The maximum atomic E-state index is 13.1. The Hall–Kier alpha value is -3.16. The van der Waals surface area contributed by atoms with Crippen LogP contribution in [0.3, 0.4) is 0 Å². The first-order valence-corrected chi connectivity index (χ1v) is 9.29. The predicted octanol–water partition coefficient (Wildman–Crippen LogP) is 2.47. The van der Waals surface area contributed by atoms with Gasteiger partial charge in [0.15, 0.2) is 11.5 Å². The molecule has 28 heavy (non-hydrogen) atoms. The Morgan fingerprint density at radius 1 is 1.18 bits per heavy atom. The molecule has 0 aliphatic carbocycles. The molecule has 1 saturated heterocycles. The molecule has 3 aromatic rings. The van der Waals surface area contributed by atoms with Crippen LogP contribution in [0.2, 0.25) is 0 Å². The SMILES string of the molecule is COc1ccc(C(=O)N2CCCC(c3cc(C)nc4ncnn34)C2)cc1OC. The first kappa shape index (κ1) is 18.2. The number of methoxy groups -OCH3 is 2. The van der Waals surface area contributed by atoms with E-state index in [0.717, 1.165) is 30.8 Å². The molecule has 146 valence electrons. The Kier molecular flexibility index (Phi) is 4.85. The highest BCUT2D eigenvalue weighted by Gasteiger charge is 2.28. The Morgan fingerprint density at radius 2 is 2.00 bits per heavy atom. The smallest absolute Gasteiger partial charge is 0.254 e. The number of likely N-dealkylation sites (tertiary alicyclic amines) is 1. The third kappa shape index (κ3) is 3.26. The molecular formula is C20H23N5O3. The van der Waals surface area contributed by atoms with Gasteiger partial charge in [-0.15, -0.1) is 0 Å². The number of hydrogen-bond acceptors (Lipinski definition) is 6. The monoisotopic (exact) mass is 381 g/mol. The van der Waals surface area contributed by atoms with Crippen LogP contribution >= 0.6 is 0 Å². The molecule has 4 rings (SSSR count). The number of aromatic nitrogens is 4. The third-order valence-corrected chi connectivity index (χ3v) is 5.16. The number of rotatable bonds is 4. The third-order valence-electron chi connectivity index (χ3n) is 5.16. The normalized spacial score (nSPS) is 17.0. The molecule has 0 spiro atoms. The predicted molar refractivity (Wildman–Crippen MR) is 103 cm³/mol. The number of nitrogens with zero attached hydrogens (tertiary/aromatic N) is 5. The maximum Gasteiger partial charge on any atom is 0.254 e. The van der Waals surface area contributed by atoms with E-state index in [1.54, 1.807) is 36.9 Å². The zero-order chi connectivity index (χ0) is 19.7. The van der Waals surface area contributed by atoms with E-state index >= 15 is 0 Å². The summed E-state index contributed by atoms with van der Waals surface area (Å²) in [4.78, 5) is 23.6. The summed E-state index contributed by atoms with van der Waals surface area (Å²) in [5, 5.41) is 4.31. The number of amides is 1. The molecule has 0 saturated carbocycles. The summed E-state index contributed by atoms with van der Waals surface area (Å²) >= 11 is 0. The van der Waals surface area contributed by atoms with Crippen LogP contribution in [0.4, 0.5) is 0 Å². The number of carbonyl (C=O) groups excluding carboxylic acids is 1. The molecule has 8 nitrogen and oxygen atoms in total.